The maximum absolute atomic E-state index is 12.4. The Bertz CT molecular complexity index is 977. The number of nitrogens with zero attached hydrogens (tertiary/aromatic N) is 2. The van der Waals surface area contributed by atoms with Gasteiger partial charge in [0.1, 0.15) is 5.75 Å². The van der Waals surface area contributed by atoms with Crippen molar-refractivity contribution >= 4 is 5.91 Å². The van der Waals surface area contributed by atoms with E-state index < -0.39 is 0 Å². The van der Waals surface area contributed by atoms with E-state index in [4.69, 9.17) is 4.74 Å². The number of benzene rings is 2. The number of nitrogens with one attached hydrogen (secondary N) is 1. The highest BCUT2D eigenvalue weighted by molar-refractivity contribution is 5.94. The summed E-state index contributed by atoms with van der Waals surface area (Å²) >= 11 is 0. The van der Waals surface area contributed by atoms with Gasteiger partial charge in [0.25, 0.3) is 5.91 Å². The number of carbonyl (C=O) groups excluding carboxylic acids is 1. The number of methoxy groups -OCH3 is 1. The summed E-state index contributed by atoms with van der Waals surface area (Å²) < 4.78 is 5.18. The van der Waals surface area contributed by atoms with Crippen LogP contribution in [0.1, 0.15) is 34.3 Å². The molecular weight excluding hydrogens is 386 g/mol. The van der Waals surface area contributed by atoms with Crippen LogP contribution in [0, 0.1) is 0 Å². The monoisotopic (exact) mass is 415 g/mol. The van der Waals surface area contributed by atoms with Crippen LogP contribution in [0.4, 0.5) is 0 Å². The molecule has 5 heteroatoms. The SMILES string of the molecule is COc1ccc(-c2ccc(C(=O)NCCc3ccc(CN4CCCC4)cc3)cn2)cc1. The van der Waals surface area contributed by atoms with Crippen LogP contribution in [0.2, 0.25) is 0 Å². The number of rotatable bonds is 8. The zero-order valence-corrected chi connectivity index (χ0v) is 18.0. The van der Waals surface area contributed by atoms with E-state index >= 15 is 0 Å². The van der Waals surface area contributed by atoms with E-state index in [0.717, 1.165) is 30.0 Å². The van der Waals surface area contributed by atoms with E-state index in [1.165, 1.54) is 37.1 Å². The minimum atomic E-state index is -0.0977. The second-order valence-electron chi connectivity index (χ2n) is 7.97. The fourth-order valence-corrected chi connectivity index (χ4v) is 3.89. The van der Waals surface area contributed by atoms with Gasteiger partial charge in [-0.2, -0.15) is 0 Å². The number of pyridine rings is 1. The Labute approximate surface area is 184 Å². The summed E-state index contributed by atoms with van der Waals surface area (Å²) in [5.74, 6) is 0.709. The first-order chi connectivity index (χ1) is 15.2. The van der Waals surface area contributed by atoms with Crippen LogP contribution in [0.15, 0.2) is 66.9 Å². The van der Waals surface area contributed by atoms with Gasteiger partial charge in [-0.05, 0) is 79.9 Å². The van der Waals surface area contributed by atoms with Gasteiger partial charge in [0.2, 0.25) is 0 Å². The summed E-state index contributed by atoms with van der Waals surface area (Å²) in [5, 5.41) is 2.99. The first-order valence-electron chi connectivity index (χ1n) is 10.9. The number of aromatic nitrogens is 1. The Balaban J connectivity index is 1.25. The molecule has 0 spiro atoms. The van der Waals surface area contributed by atoms with Crippen molar-refractivity contribution < 1.29 is 9.53 Å². The molecule has 0 radical (unpaired) electrons. The quantitative estimate of drug-likeness (QED) is 0.595. The molecule has 2 aromatic carbocycles. The molecule has 4 rings (SSSR count). The lowest BCUT2D eigenvalue weighted by Crippen LogP contribution is -2.25. The van der Waals surface area contributed by atoms with Crippen molar-refractivity contribution in [2.45, 2.75) is 25.8 Å². The molecule has 0 bridgehead atoms. The molecule has 1 aromatic heterocycles. The van der Waals surface area contributed by atoms with Crippen LogP contribution >= 0.6 is 0 Å². The molecule has 0 saturated carbocycles. The summed E-state index contributed by atoms with van der Waals surface area (Å²) in [5.41, 5.74) is 4.98. The Morgan fingerprint density at radius 1 is 0.968 bits per heavy atom. The second-order valence-corrected chi connectivity index (χ2v) is 7.97. The van der Waals surface area contributed by atoms with Crippen molar-refractivity contribution in [3.8, 4) is 17.0 Å². The van der Waals surface area contributed by atoms with Crippen molar-refractivity contribution in [2.75, 3.05) is 26.7 Å². The van der Waals surface area contributed by atoms with Crippen molar-refractivity contribution in [1.29, 1.82) is 0 Å². The standard InChI is InChI=1S/C26H29N3O2/c1-31-24-11-8-22(9-12-24)25-13-10-23(18-28-25)26(30)27-15-14-20-4-6-21(7-5-20)19-29-16-2-3-17-29/h4-13,18H,2-3,14-17,19H2,1H3,(H,27,30). The topological polar surface area (TPSA) is 54.5 Å². The van der Waals surface area contributed by atoms with Crippen LogP contribution in [0.5, 0.6) is 5.75 Å². The van der Waals surface area contributed by atoms with Gasteiger partial charge in [-0.3, -0.25) is 14.7 Å². The molecular formula is C26H29N3O2. The molecule has 1 N–H and O–H groups in total. The Hall–Kier alpha value is -3.18. The molecule has 5 nitrogen and oxygen atoms in total. The predicted octanol–water partition coefficient (Wildman–Crippen LogP) is 4.33. The van der Waals surface area contributed by atoms with Crippen molar-refractivity contribution in [3.63, 3.8) is 0 Å². The molecule has 0 atom stereocenters. The largest absolute Gasteiger partial charge is 0.497 e. The van der Waals surface area contributed by atoms with Gasteiger partial charge in [0, 0.05) is 24.8 Å². The van der Waals surface area contributed by atoms with E-state index in [-0.39, 0.29) is 5.91 Å². The number of hydrogen-bond donors (Lipinski definition) is 1. The molecule has 0 aliphatic carbocycles. The first kappa shape index (κ1) is 21.1. The molecule has 1 aliphatic heterocycles. The molecule has 0 unspecified atom stereocenters. The maximum atomic E-state index is 12.4. The molecule has 160 valence electrons. The highest BCUT2D eigenvalue weighted by Crippen LogP contribution is 2.20. The number of amides is 1. The normalized spacial score (nSPS) is 13.8. The summed E-state index contributed by atoms with van der Waals surface area (Å²) in [4.78, 5) is 19.4. The van der Waals surface area contributed by atoms with Crippen molar-refractivity contribution in [3.05, 3.63) is 83.6 Å². The van der Waals surface area contributed by atoms with E-state index in [1.807, 2.05) is 36.4 Å². The van der Waals surface area contributed by atoms with Gasteiger partial charge in [-0.15, -0.1) is 0 Å². The third-order valence-electron chi connectivity index (χ3n) is 5.74. The van der Waals surface area contributed by atoms with E-state index in [1.54, 1.807) is 13.3 Å². The molecule has 2 heterocycles. The van der Waals surface area contributed by atoms with Crippen LogP contribution < -0.4 is 10.1 Å². The third-order valence-corrected chi connectivity index (χ3v) is 5.74. The Morgan fingerprint density at radius 2 is 1.68 bits per heavy atom. The first-order valence-corrected chi connectivity index (χ1v) is 10.9. The number of ether oxygens (including phenoxy) is 1. The summed E-state index contributed by atoms with van der Waals surface area (Å²) in [6, 6.07) is 20.1. The van der Waals surface area contributed by atoms with E-state index in [0.29, 0.717) is 12.1 Å². The fourth-order valence-electron chi connectivity index (χ4n) is 3.89. The molecule has 1 fully saturated rings. The zero-order valence-electron chi connectivity index (χ0n) is 18.0. The van der Waals surface area contributed by atoms with E-state index in [2.05, 4.69) is 39.5 Å². The highest BCUT2D eigenvalue weighted by atomic mass is 16.5. The fraction of sp³-hybridized carbons (Fsp3) is 0.308. The number of hydrogen-bond acceptors (Lipinski definition) is 4. The van der Waals surface area contributed by atoms with Gasteiger partial charge < -0.3 is 10.1 Å². The zero-order chi connectivity index (χ0) is 21.5. The minimum absolute atomic E-state index is 0.0977. The lowest BCUT2D eigenvalue weighted by Gasteiger charge is -2.14. The lowest BCUT2D eigenvalue weighted by molar-refractivity contribution is 0.0954. The molecule has 1 saturated heterocycles. The Kier molecular flexibility index (Phi) is 6.95. The van der Waals surface area contributed by atoms with Crippen LogP contribution in [-0.4, -0.2) is 42.5 Å². The molecule has 3 aromatic rings. The summed E-state index contributed by atoms with van der Waals surface area (Å²) in [6.07, 6.45) is 5.07. The van der Waals surface area contributed by atoms with Gasteiger partial charge in [0.15, 0.2) is 0 Å². The van der Waals surface area contributed by atoms with E-state index in [9.17, 15) is 4.79 Å². The van der Waals surface area contributed by atoms with Gasteiger partial charge in [-0.1, -0.05) is 24.3 Å². The number of carbonyl (C=O) groups is 1. The maximum Gasteiger partial charge on any atom is 0.252 e. The smallest absolute Gasteiger partial charge is 0.252 e. The molecule has 31 heavy (non-hydrogen) atoms. The van der Waals surface area contributed by atoms with Crippen LogP contribution in [0.3, 0.4) is 0 Å². The number of likely N-dealkylation sites (tertiary alicyclic amines) is 1. The van der Waals surface area contributed by atoms with Crippen molar-refractivity contribution in [2.24, 2.45) is 0 Å². The average molecular weight is 416 g/mol. The third kappa shape index (κ3) is 5.70. The molecule has 1 aliphatic rings. The lowest BCUT2D eigenvalue weighted by atomic mass is 10.1. The average Bonchev–Trinajstić information content (AvgIpc) is 3.33. The van der Waals surface area contributed by atoms with Crippen LogP contribution in [-0.2, 0) is 13.0 Å². The van der Waals surface area contributed by atoms with Gasteiger partial charge in [-0.25, -0.2) is 0 Å². The van der Waals surface area contributed by atoms with Crippen LogP contribution in [0.25, 0.3) is 11.3 Å². The molecule has 1 amide bonds. The summed E-state index contributed by atoms with van der Waals surface area (Å²) in [6.45, 7) is 4.06. The van der Waals surface area contributed by atoms with Gasteiger partial charge in [0.05, 0.1) is 18.4 Å². The van der Waals surface area contributed by atoms with Crippen molar-refractivity contribution in [1.82, 2.24) is 15.2 Å². The minimum Gasteiger partial charge on any atom is -0.497 e. The highest BCUT2D eigenvalue weighted by Gasteiger charge is 2.11. The predicted molar refractivity (Wildman–Crippen MR) is 123 cm³/mol. The second kappa shape index (κ2) is 10.2. The Morgan fingerprint density at radius 3 is 2.32 bits per heavy atom. The van der Waals surface area contributed by atoms with Gasteiger partial charge >= 0.3 is 0 Å². The summed E-state index contributed by atoms with van der Waals surface area (Å²) in [7, 11) is 1.64.